The smallest absolute Gasteiger partial charge is 0.272 e. The Kier molecular flexibility index (Phi) is 5.24. The van der Waals surface area contributed by atoms with Crippen LogP contribution >= 0.6 is 11.6 Å². The Morgan fingerprint density at radius 2 is 2.29 bits per heavy atom. The molecule has 8 nitrogen and oxygen atoms in total. The summed E-state index contributed by atoms with van der Waals surface area (Å²) in [6.45, 7) is 1.93. The number of benzene rings is 1. The number of nitrogens with zero attached hydrogens (tertiary/aromatic N) is 3. The van der Waals surface area contributed by atoms with E-state index in [0.29, 0.717) is 49.4 Å². The zero-order valence-corrected chi connectivity index (χ0v) is 17.7. The molecule has 1 saturated carbocycles. The van der Waals surface area contributed by atoms with E-state index in [0.717, 1.165) is 30.6 Å². The highest BCUT2D eigenvalue weighted by atomic mass is 35.5. The molecule has 1 aromatic carbocycles. The van der Waals surface area contributed by atoms with E-state index in [1.165, 1.54) is 0 Å². The summed E-state index contributed by atoms with van der Waals surface area (Å²) in [6.07, 6.45) is 3.09. The molecule has 3 aliphatic rings. The SMILES string of the molecule is N#CC1(COC[C@H]2CCn3nc(C(=O)N[C@H]4COc5ccc(Cl)cc5C4)cc3O2)CC1. The van der Waals surface area contributed by atoms with Crippen LogP contribution in [0.5, 0.6) is 11.6 Å². The number of halogens is 1. The predicted octanol–water partition coefficient (Wildman–Crippen LogP) is 2.74. The van der Waals surface area contributed by atoms with Gasteiger partial charge in [0, 0.05) is 24.1 Å². The third-order valence-electron chi connectivity index (χ3n) is 5.96. The van der Waals surface area contributed by atoms with Gasteiger partial charge in [-0.2, -0.15) is 10.4 Å². The summed E-state index contributed by atoms with van der Waals surface area (Å²) in [4.78, 5) is 12.7. The molecule has 0 spiro atoms. The van der Waals surface area contributed by atoms with Gasteiger partial charge >= 0.3 is 0 Å². The fourth-order valence-electron chi connectivity index (χ4n) is 3.92. The topological polar surface area (TPSA) is 98.4 Å². The van der Waals surface area contributed by atoms with Crippen molar-refractivity contribution >= 4 is 17.5 Å². The van der Waals surface area contributed by atoms with Crippen LogP contribution < -0.4 is 14.8 Å². The minimum Gasteiger partial charge on any atom is -0.491 e. The largest absolute Gasteiger partial charge is 0.491 e. The number of hydrogen-bond donors (Lipinski definition) is 1. The van der Waals surface area contributed by atoms with Crippen LogP contribution in [0.3, 0.4) is 0 Å². The van der Waals surface area contributed by atoms with Gasteiger partial charge in [0.25, 0.3) is 5.91 Å². The van der Waals surface area contributed by atoms with E-state index in [9.17, 15) is 4.79 Å². The van der Waals surface area contributed by atoms with E-state index in [2.05, 4.69) is 16.5 Å². The summed E-state index contributed by atoms with van der Waals surface area (Å²) < 4.78 is 19.1. The first kappa shape index (κ1) is 20.2. The second-order valence-corrected chi connectivity index (χ2v) is 8.90. The van der Waals surface area contributed by atoms with E-state index in [1.54, 1.807) is 16.8 Å². The highest BCUT2D eigenvalue weighted by molar-refractivity contribution is 6.30. The average Bonchev–Trinajstić information content (AvgIpc) is 3.42. The Bertz CT molecular complexity index is 1040. The van der Waals surface area contributed by atoms with Gasteiger partial charge in [0.05, 0.1) is 30.7 Å². The molecule has 1 amide bonds. The number of hydrogen-bond acceptors (Lipinski definition) is 6. The molecule has 0 unspecified atom stereocenters. The van der Waals surface area contributed by atoms with Crippen LogP contribution in [0.1, 0.15) is 35.3 Å². The van der Waals surface area contributed by atoms with Gasteiger partial charge in [-0.05, 0) is 43.0 Å². The first-order chi connectivity index (χ1) is 15.0. The van der Waals surface area contributed by atoms with Crippen molar-refractivity contribution in [1.82, 2.24) is 15.1 Å². The van der Waals surface area contributed by atoms with Gasteiger partial charge in [-0.3, -0.25) is 4.79 Å². The second-order valence-electron chi connectivity index (χ2n) is 8.46. The highest BCUT2D eigenvalue weighted by Crippen LogP contribution is 2.45. The molecule has 9 heteroatoms. The number of nitrogens with one attached hydrogen (secondary N) is 1. The maximum atomic E-state index is 12.7. The second kappa shape index (κ2) is 8.06. The molecular formula is C22H23ClN4O4. The molecule has 0 bridgehead atoms. The molecule has 1 aliphatic carbocycles. The summed E-state index contributed by atoms with van der Waals surface area (Å²) in [5, 5.41) is 17.1. The Balaban J connectivity index is 1.16. The first-order valence-electron chi connectivity index (χ1n) is 10.5. The fourth-order valence-corrected chi connectivity index (χ4v) is 4.11. The normalized spacial score (nSPS) is 22.8. The van der Waals surface area contributed by atoms with Gasteiger partial charge in [-0.1, -0.05) is 11.6 Å². The molecule has 1 fully saturated rings. The third-order valence-corrected chi connectivity index (χ3v) is 6.20. The van der Waals surface area contributed by atoms with E-state index in [1.807, 2.05) is 12.1 Å². The molecule has 1 N–H and O–H groups in total. The maximum absolute atomic E-state index is 12.7. The lowest BCUT2D eigenvalue weighted by atomic mass is 10.0. The molecule has 162 valence electrons. The summed E-state index contributed by atoms with van der Waals surface area (Å²) in [6, 6.07) is 9.33. The molecular weight excluding hydrogens is 420 g/mol. The number of rotatable bonds is 6. The fraction of sp³-hybridized carbons (Fsp3) is 0.500. The molecule has 5 rings (SSSR count). The average molecular weight is 443 g/mol. The monoisotopic (exact) mass is 442 g/mol. The van der Waals surface area contributed by atoms with Crippen LogP contribution in [0.15, 0.2) is 24.3 Å². The van der Waals surface area contributed by atoms with E-state index < -0.39 is 0 Å². The standard InChI is InChI=1S/C22H23ClN4O4/c23-15-1-2-19-14(7-15)8-16(10-30-19)25-21(28)18-9-20-27(26-18)6-3-17(31-20)11-29-13-22(12-24)4-5-22/h1-2,7,9,16-17H,3-6,8,10-11,13H2,(H,25,28)/t16-,17-/m1/s1. The van der Waals surface area contributed by atoms with E-state index in [4.69, 9.17) is 31.1 Å². The third kappa shape index (κ3) is 4.34. The van der Waals surface area contributed by atoms with Crippen LogP contribution in [0.2, 0.25) is 5.02 Å². The van der Waals surface area contributed by atoms with Crippen LogP contribution in [-0.2, 0) is 17.7 Å². The number of nitriles is 1. The number of fused-ring (bicyclic) bond motifs is 2. The van der Waals surface area contributed by atoms with Crippen molar-refractivity contribution in [3.05, 3.63) is 40.5 Å². The highest BCUT2D eigenvalue weighted by Gasteiger charge is 2.43. The van der Waals surface area contributed by atoms with Crippen molar-refractivity contribution in [2.45, 2.75) is 44.4 Å². The van der Waals surface area contributed by atoms with Gasteiger partial charge in [0.2, 0.25) is 5.88 Å². The quantitative estimate of drug-likeness (QED) is 0.738. The molecule has 2 aliphatic heterocycles. The summed E-state index contributed by atoms with van der Waals surface area (Å²) >= 11 is 6.07. The van der Waals surface area contributed by atoms with Crippen molar-refractivity contribution in [3.8, 4) is 17.7 Å². The lowest BCUT2D eigenvalue weighted by Crippen LogP contribution is -2.42. The van der Waals surface area contributed by atoms with E-state index >= 15 is 0 Å². The van der Waals surface area contributed by atoms with Crippen molar-refractivity contribution in [2.24, 2.45) is 5.41 Å². The van der Waals surface area contributed by atoms with Crippen molar-refractivity contribution in [3.63, 3.8) is 0 Å². The van der Waals surface area contributed by atoms with E-state index in [-0.39, 0.29) is 23.5 Å². The number of aryl methyl sites for hydroxylation is 1. The molecule has 3 heterocycles. The van der Waals surface area contributed by atoms with Crippen LogP contribution in [-0.4, -0.2) is 47.7 Å². The number of amides is 1. The molecule has 2 atom stereocenters. The number of carbonyl (C=O) groups excluding carboxylic acids is 1. The Hall–Kier alpha value is -2.76. The molecule has 31 heavy (non-hydrogen) atoms. The summed E-state index contributed by atoms with van der Waals surface area (Å²) in [5.74, 6) is 1.10. The Labute approximate surface area is 185 Å². The van der Waals surface area contributed by atoms with Crippen molar-refractivity contribution < 1.29 is 19.0 Å². The number of carbonyl (C=O) groups is 1. The zero-order valence-electron chi connectivity index (χ0n) is 17.0. The Morgan fingerprint density at radius 1 is 1.42 bits per heavy atom. The molecule has 0 radical (unpaired) electrons. The van der Waals surface area contributed by atoms with Crippen LogP contribution in [0.25, 0.3) is 0 Å². The minimum absolute atomic E-state index is 0.109. The van der Waals surface area contributed by atoms with Gasteiger partial charge in [0.1, 0.15) is 18.5 Å². The number of ether oxygens (including phenoxy) is 3. The molecule has 1 aromatic heterocycles. The van der Waals surface area contributed by atoms with Gasteiger partial charge in [0.15, 0.2) is 5.69 Å². The summed E-state index contributed by atoms with van der Waals surface area (Å²) in [7, 11) is 0. The molecule has 0 saturated heterocycles. The lowest BCUT2D eigenvalue weighted by molar-refractivity contribution is 0.0153. The molecule has 2 aromatic rings. The lowest BCUT2D eigenvalue weighted by Gasteiger charge is -2.26. The number of aromatic nitrogens is 2. The minimum atomic E-state index is -0.281. The van der Waals surface area contributed by atoms with Crippen LogP contribution in [0, 0.1) is 16.7 Å². The summed E-state index contributed by atoms with van der Waals surface area (Å²) in [5.41, 5.74) is 1.01. The van der Waals surface area contributed by atoms with Crippen molar-refractivity contribution in [2.75, 3.05) is 19.8 Å². The first-order valence-corrected chi connectivity index (χ1v) is 10.9. The zero-order chi connectivity index (χ0) is 21.4. The van der Waals surface area contributed by atoms with Crippen molar-refractivity contribution in [1.29, 1.82) is 5.26 Å². The van der Waals surface area contributed by atoms with Gasteiger partial charge in [-0.15, -0.1) is 0 Å². The van der Waals surface area contributed by atoms with Gasteiger partial charge in [-0.25, -0.2) is 4.68 Å². The van der Waals surface area contributed by atoms with Gasteiger partial charge < -0.3 is 19.5 Å². The predicted molar refractivity (Wildman–Crippen MR) is 111 cm³/mol. The maximum Gasteiger partial charge on any atom is 0.272 e. The van der Waals surface area contributed by atoms with Crippen LogP contribution in [0.4, 0.5) is 0 Å². The Morgan fingerprint density at radius 3 is 3.10 bits per heavy atom.